The highest BCUT2D eigenvalue weighted by Crippen LogP contribution is 2.48. The summed E-state index contributed by atoms with van der Waals surface area (Å²) in [5.74, 6) is -3.27. The Morgan fingerprint density at radius 1 is 1.18 bits per heavy atom. The van der Waals surface area contributed by atoms with Crippen molar-refractivity contribution in [1.29, 1.82) is 0 Å². The van der Waals surface area contributed by atoms with Crippen molar-refractivity contribution in [2.24, 2.45) is 5.16 Å². The molecular formula is C19H14Cl2F2N2O3. The summed E-state index contributed by atoms with van der Waals surface area (Å²) in [6, 6.07) is 10.00. The third kappa shape index (κ3) is 4.00. The Hall–Kier alpha value is -2.51. The smallest absolute Gasteiger partial charge is 0.291 e. The number of halogens is 4. The Kier molecular flexibility index (Phi) is 5.41. The predicted octanol–water partition coefficient (Wildman–Crippen LogP) is 6.24. The van der Waals surface area contributed by atoms with E-state index >= 15 is 0 Å². The summed E-state index contributed by atoms with van der Waals surface area (Å²) in [6.45, 7) is 0.750. The van der Waals surface area contributed by atoms with E-state index in [0.717, 1.165) is 6.92 Å². The van der Waals surface area contributed by atoms with Crippen molar-refractivity contribution in [3.05, 3.63) is 79.8 Å². The molecule has 0 amide bonds. The van der Waals surface area contributed by atoms with Crippen LogP contribution in [0.2, 0.25) is 10.0 Å². The van der Waals surface area contributed by atoms with Gasteiger partial charge in [0.2, 0.25) is 5.60 Å². The van der Waals surface area contributed by atoms with Crippen molar-refractivity contribution in [2.75, 3.05) is 0 Å². The van der Waals surface area contributed by atoms with Crippen LogP contribution in [0.3, 0.4) is 0 Å². The molecular weight excluding hydrogens is 413 g/mol. The van der Waals surface area contributed by atoms with Gasteiger partial charge in [0.25, 0.3) is 11.6 Å². The first-order chi connectivity index (χ1) is 13.1. The van der Waals surface area contributed by atoms with E-state index in [1.165, 1.54) is 36.4 Å². The lowest BCUT2D eigenvalue weighted by Crippen LogP contribution is -2.43. The van der Waals surface area contributed by atoms with Crippen LogP contribution >= 0.6 is 23.2 Å². The quantitative estimate of drug-likeness (QED) is 0.419. The molecule has 0 aliphatic carbocycles. The molecule has 9 heteroatoms. The second-order valence-corrected chi connectivity index (χ2v) is 7.28. The number of hydrogen-bond acceptors (Lipinski definition) is 4. The van der Waals surface area contributed by atoms with Gasteiger partial charge in [0.15, 0.2) is 0 Å². The summed E-state index contributed by atoms with van der Waals surface area (Å²) in [5, 5.41) is 14.9. The minimum Gasteiger partial charge on any atom is -0.377 e. The molecule has 0 aromatic heterocycles. The maximum absolute atomic E-state index is 14.5. The van der Waals surface area contributed by atoms with Crippen molar-refractivity contribution in [2.45, 2.75) is 24.9 Å². The predicted molar refractivity (Wildman–Crippen MR) is 104 cm³/mol. The van der Waals surface area contributed by atoms with Crippen LogP contribution in [0.25, 0.3) is 6.08 Å². The van der Waals surface area contributed by atoms with Crippen molar-refractivity contribution >= 4 is 40.7 Å². The third-order valence-corrected chi connectivity index (χ3v) is 4.80. The SMILES string of the molecule is CC(F)(F)C1(c2cc(Cl)cc(Cl)c2)CC(/C=C/c2ccc([N+](=O)[O-])cc2)=NO1. The molecule has 146 valence electrons. The Morgan fingerprint density at radius 2 is 1.79 bits per heavy atom. The fraction of sp³-hybridized carbons (Fsp3) is 0.211. The normalized spacial score (nSPS) is 19.5. The molecule has 5 nitrogen and oxygen atoms in total. The van der Waals surface area contributed by atoms with Gasteiger partial charge in [-0.1, -0.05) is 34.4 Å². The Bertz CT molecular complexity index is 952. The number of rotatable bonds is 5. The first-order valence-electron chi connectivity index (χ1n) is 8.13. The highest BCUT2D eigenvalue weighted by molar-refractivity contribution is 6.34. The summed E-state index contributed by atoms with van der Waals surface area (Å²) < 4.78 is 29.0. The molecule has 1 heterocycles. The van der Waals surface area contributed by atoms with Crippen LogP contribution in [0.15, 0.2) is 53.7 Å². The van der Waals surface area contributed by atoms with Gasteiger partial charge in [-0.3, -0.25) is 10.1 Å². The van der Waals surface area contributed by atoms with E-state index in [2.05, 4.69) is 5.16 Å². The van der Waals surface area contributed by atoms with Crippen LogP contribution in [0.1, 0.15) is 24.5 Å². The molecule has 0 N–H and O–H groups in total. The molecule has 28 heavy (non-hydrogen) atoms. The van der Waals surface area contributed by atoms with Crippen molar-refractivity contribution in [3.63, 3.8) is 0 Å². The number of nitrogens with zero attached hydrogens (tertiary/aromatic N) is 2. The van der Waals surface area contributed by atoms with Crippen LogP contribution in [0.5, 0.6) is 0 Å². The van der Waals surface area contributed by atoms with Gasteiger partial charge in [0, 0.05) is 41.1 Å². The van der Waals surface area contributed by atoms with Gasteiger partial charge >= 0.3 is 0 Å². The van der Waals surface area contributed by atoms with E-state index in [9.17, 15) is 18.9 Å². The largest absolute Gasteiger partial charge is 0.377 e. The van der Waals surface area contributed by atoms with Gasteiger partial charge in [-0.25, -0.2) is 8.78 Å². The molecule has 0 saturated carbocycles. The molecule has 1 aliphatic heterocycles. The summed E-state index contributed by atoms with van der Waals surface area (Å²) in [7, 11) is 0. The molecule has 3 rings (SSSR count). The molecule has 0 radical (unpaired) electrons. The average molecular weight is 427 g/mol. The molecule has 1 aliphatic rings. The monoisotopic (exact) mass is 426 g/mol. The molecule has 0 fully saturated rings. The Balaban J connectivity index is 1.86. The number of oxime groups is 1. The zero-order chi connectivity index (χ0) is 20.5. The Morgan fingerprint density at radius 3 is 2.32 bits per heavy atom. The van der Waals surface area contributed by atoms with E-state index in [0.29, 0.717) is 5.56 Å². The van der Waals surface area contributed by atoms with Gasteiger partial charge in [0.1, 0.15) is 0 Å². The number of non-ortho nitro benzene ring substituents is 1. The molecule has 1 unspecified atom stereocenters. The number of nitro benzene ring substituents is 1. The number of alkyl halides is 2. The summed E-state index contributed by atoms with van der Waals surface area (Å²) in [5.41, 5.74) is -1.01. The summed E-state index contributed by atoms with van der Waals surface area (Å²) in [4.78, 5) is 15.4. The Labute approximate surface area is 169 Å². The molecule has 2 aromatic rings. The zero-order valence-electron chi connectivity index (χ0n) is 14.5. The minimum absolute atomic E-state index is 0.0406. The maximum atomic E-state index is 14.5. The van der Waals surface area contributed by atoms with E-state index in [-0.39, 0.29) is 33.4 Å². The van der Waals surface area contributed by atoms with E-state index in [1.807, 2.05) is 0 Å². The number of nitro groups is 1. The molecule has 2 aromatic carbocycles. The van der Waals surface area contributed by atoms with Crippen LogP contribution in [-0.2, 0) is 10.4 Å². The van der Waals surface area contributed by atoms with Crippen molar-refractivity contribution in [1.82, 2.24) is 0 Å². The van der Waals surface area contributed by atoms with Gasteiger partial charge < -0.3 is 4.84 Å². The fourth-order valence-electron chi connectivity index (χ4n) is 2.88. The van der Waals surface area contributed by atoms with Crippen LogP contribution in [0.4, 0.5) is 14.5 Å². The lowest BCUT2D eigenvalue weighted by molar-refractivity contribution is -0.384. The number of benzene rings is 2. The van der Waals surface area contributed by atoms with E-state index < -0.39 is 16.4 Å². The van der Waals surface area contributed by atoms with Crippen molar-refractivity contribution < 1.29 is 18.5 Å². The first kappa shape index (κ1) is 20.2. The molecule has 0 bridgehead atoms. The van der Waals surface area contributed by atoms with Gasteiger partial charge in [-0.2, -0.15) is 0 Å². The van der Waals surface area contributed by atoms with E-state index in [1.54, 1.807) is 18.2 Å². The number of hydrogen-bond donors (Lipinski definition) is 0. The lowest BCUT2D eigenvalue weighted by Gasteiger charge is -2.32. The second-order valence-electron chi connectivity index (χ2n) is 6.41. The second kappa shape index (κ2) is 7.48. The maximum Gasteiger partial charge on any atom is 0.291 e. The zero-order valence-corrected chi connectivity index (χ0v) is 16.0. The molecule has 0 spiro atoms. The molecule has 0 saturated heterocycles. The van der Waals surface area contributed by atoms with Crippen LogP contribution < -0.4 is 0 Å². The number of allylic oxidation sites excluding steroid dienone is 1. The van der Waals surface area contributed by atoms with E-state index in [4.69, 9.17) is 28.0 Å². The van der Waals surface area contributed by atoms with Gasteiger partial charge in [-0.05, 0) is 42.0 Å². The summed E-state index contributed by atoms with van der Waals surface area (Å²) >= 11 is 11.9. The average Bonchev–Trinajstić information content (AvgIpc) is 3.05. The van der Waals surface area contributed by atoms with Gasteiger partial charge in [-0.15, -0.1) is 0 Å². The lowest BCUT2D eigenvalue weighted by atomic mass is 9.83. The van der Waals surface area contributed by atoms with Crippen molar-refractivity contribution in [3.8, 4) is 0 Å². The fourth-order valence-corrected chi connectivity index (χ4v) is 3.40. The van der Waals surface area contributed by atoms with Gasteiger partial charge in [0.05, 0.1) is 10.6 Å². The van der Waals surface area contributed by atoms with Crippen LogP contribution in [0, 0.1) is 10.1 Å². The topological polar surface area (TPSA) is 64.7 Å². The highest BCUT2D eigenvalue weighted by atomic mass is 35.5. The minimum atomic E-state index is -3.27. The summed E-state index contributed by atoms with van der Waals surface area (Å²) in [6.07, 6.45) is 2.94. The standard InChI is InChI=1S/C19H14Cl2F2N2O3/c1-18(22,23)19(13-8-14(20)10-15(21)9-13)11-16(24-28-19)5-2-12-3-6-17(7-4-12)25(26)27/h2-10H,11H2,1H3/b5-2+. The molecule has 1 atom stereocenters. The van der Waals surface area contributed by atoms with Crippen LogP contribution in [-0.4, -0.2) is 16.6 Å². The highest BCUT2D eigenvalue weighted by Gasteiger charge is 2.57. The third-order valence-electron chi connectivity index (χ3n) is 4.36. The first-order valence-corrected chi connectivity index (χ1v) is 8.88.